The summed E-state index contributed by atoms with van der Waals surface area (Å²) >= 11 is 0. The van der Waals surface area contributed by atoms with Gasteiger partial charge in [-0.15, -0.1) is 0 Å². The summed E-state index contributed by atoms with van der Waals surface area (Å²) in [6, 6.07) is 0. The van der Waals surface area contributed by atoms with Gasteiger partial charge in [0.1, 0.15) is 0 Å². The van der Waals surface area contributed by atoms with Crippen molar-refractivity contribution in [1.29, 1.82) is 0 Å². The van der Waals surface area contributed by atoms with Crippen molar-refractivity contribution in [2.45, 2.75) is 0 Å². The van der Waals surface area contributed by atoms with Gasteiger partial charge in [-0.3, -0.25) is 0 Å². The molecule has 1 heterocycles. The summed E-state index contributed by atoms with van der Waals surface area (Å²) < 4.78 is 0. The monoisotopic (exact) mass is 108 g/mol. The molecule has 0 amide bonds. The molecule has 0 fully saturated rings. The van der Waals surface area contributed by atoms with Gasteiger partial charge in [-0.25, -0.2) is 4.98 Å². The SMILES string of the molecule is [H-].[K+].c1c[nH]cn1. The van der Waals surface area contributed by atoms with Gasteiger partial charge < -0.3 is 6.41 Å². The molecule has 0 aliphatic heterocycles. The van der Waals surface area contributed by atoms with Crippen LogP contribution in [0.4, 0.5) is 0 Å². The Balaban J connectivity index is 0. The number of hydrogen-bond acceptors (Lipinski definition) is 1. The van der Waals surface area contributed by atoms with Gasteiger partial charge in [-0.1, -0.05) is 0 Å². The first-order valence-electron chi connectivity index (χ1n) is 1.43. The van der Waals surface area contributed by atoms with Crippen molar-refractivity contribution < 1.29 is 52.8 Å². The number of hydrogen-bond donors (Lipinski definition) is 1. The molecule has 0 bridgehead atoms. The van der Waals surface area contributed by atoms with E-state index in [1.165, 1.54) is 0 Å². The van der Waals surface area contributed by atoms with E-state index < -0.39 is 0 Å². The molecule has 0 saturated heterocycles. The van der Waals surface area contributed by atoms with Crippen LogP contribution < -0.4 is 51.4 Å². The molecule has 1 aromatic rings. The number of aromatic amines is 1. The van der Waals surface area contributed by atoms with Gasteiger partial charge >= 0.3 is 51.4 Å². The fraction of sp³-hybridized carbons (Fsp3) is 0. The van der Waals surface area contributed by atoms with Gasteiger partial charge in [0.05, 0.1) is 6.33 Å². The van der Waals surface area contributed by atoms with Crippen molar-refractivity contribution in [3.8, 4) is 0 Å². The van der Waals surface area contributed by atoms with Gasteiger partial charge in [0.25, 0.3) is 0 Å². The van der Waals surface area contributed by atoms with Crippen LogP contribution in [0.2, 0.25) is 0 Å². The number of nitrogens with one attached hydrogen (secondary N) is 1. The number of aromatic nitrogens is 2. The Morgan fingerprint density at radius 1 is 1.67 bits per heavy atom. The van der Waals surface area contributed by atoms with E-state index in [1.54, 1.807) is 18.7 Å². The quantitative estimate of drug-likeness (QED) is 0.366. The third-order valence-corrected chi connectivity index (χ3v) is 0.406. The van der Waals surface area contributed by atoms with Gasteiger partial charge in [0, 0.05) is 12.4 Å². The zero-order valence-electron chi connectivity index (χ0n) is 4.68. The van der Waals surface area contributed by atoms with E-state index in [-0.39, 0.29) is 52.8 Å². The van der Waals surface area contributed by atoms with Gasteiger partial charge in [-0.2, -0.15) is 0 Å². The van der Waals surface area contributed by atoms with Crippen LogP contribution in [0.15, 0.2) is 18.7 Å². The molecule has 0 aliphatic rings. The Bertz CT molecular complexity index is 69.4. The number of imidazole rings is 1. The molecule has 2 nitrogen and oxygen atoms in total. The van der Waals surface area contributed by atoms with Crippen molar-refractivity contribution in [3.63, 3.8) is 0 Å². The van der Waals surface area contributed by atoms with Crippen LogP contribution in [-0.2, 0) is 0 Å². The first-order chi connectivity index (χ1) is 2.50. The fourth-order valence-corrected chi connectivity index (χ4v) is 0.215. The van der Waals surface area contributed by atoms with E-state index in [4.69, 9.17) is 0 Å². The Hall–Kier alpha value is 0.846. The second-order valence-electron chi connectivity index (χ2n) is 0.761. The molecule has 6 heavy (non-hydrogen) atoms. The Labute approximate surface area is 80.3 Å². The van der Waals surface area contributed by atoms with Gasteiger partial charge in [-0.05, 0) is 0 Å². The van der Waals surface area contributed by atoms with Crippen LogP contribution in [0, 0.1) is 0 Å². The van der Waals surface area contributed by atoms with Crippen molar-refractivity contribution in [2.75, 3.05) is 0 Å². The Morgan fingerprint density at radius 2 is 2.50 bits per heavy atom. The fourth-order valence-electron chi connectivity index (χ4n) is 0.215. The average Bonchev–Trinajstić information content (AvgIpc) is 1.76. The van der Waals surface area contributed by atoms with E-state index in [1.807, 2.05) is 0 Å². The molecule has 0 aliphatic carbocycles. The van der Waals surface area contributed by atoms with E-state index >= 15 is 0 Å². The minimum atomic E-state index is 0. The normalized spacial score (nSPS) is 6.67. The first kappa shape index (κ1) is 6.85. The molecule has 0 radical (unpaired) electrons. The maximum absolute atomic E-state index is 3.67. The zero-order chi connectivity index (χ0) is 3.54. The van der Waals surface area contributed by atoms with E-state index in [9.17, 15) is 0 Å². The van der Waals surface area contributed by atoms with Crippen LogP contribution in [0.5, 0.6) is 0 Å². The molecule has 0 spiro atoms. The summed E-state index contributed by atoms with van der Waals surface area (Å²) in [6.07, 6.45) is 5.08. The molecule has 0 unspecified atom stereocenters. The summed E-state index contributed by atoms with van der Waals surface area (Å²) in [5, 5.41) is 0. The number of H-pyrrole nitrogens is 1. The predicted molar refractivity (Wildman–Crippen MR) is 19.7 cm³/mol. The molecule has 0 saturated carbocycles. The van der Waals surface area contributed by atoms with Crippen molar-refractivity contribution in [2.24, 2.45) is 0 Å². The summed E-state index contributed by atoms with van der Waals surface area (Å²) in [6.45, 7) is 0. The Morgan fingerprint density at radius 3 is 2.67 bits per heavy atom. The van der Waals surface area contributed by atoms with Crippen LogP contribution in [-0.4, -0.2) is 9.97 Å². The average molecular weight is 108 g/mol. The molecule has 3 heteroatoms. The van der Waals surface area contributed by atoms with Crippen LogP contribution in [0.3, 0.4) is 0 Å². The molecular weight excluding hydrogens is 103 g/mol. The first-order valence-corrected chi connectivity index (χ1v) is 1.43. The van der Waals surface area contributed by atoms with Crippen molar-refractivity contribution >= 4 is 0 Å². The predicted octanol–water partition coefficient (Wildman–Crippen LogP) is -2.47. The van der Waals surface area contributed by atoms with E-state index in [0.717, 1.165) is 0 Å². The van der Waals surface area contributed by atoms with Gasteiger partial charge in [0.2, 0.25) is 0 Å². The second-order valence-corrected chi connectivity index (χ2v) is 0.761. The Kier molecular flexibility index (Phi) is 4.58. The van der Waals surface area contributed by atoms with E-state index in [0.29, 0.717) is 0 Å². The third kappa shape index (κ3) is 2.10. The second kappa shape index (κ2) is 4.02. The van der Waals surface area contributed by atoms with Crippen LogP contribution in [0.25, 0.3) is 0 Å². The minimum Gasteiger partial charge on any atom is -1.00 e. The molecule has 0 atom stereocenters. The number of nitrogens with zero attached hydrogens (tertiary/aromatic N) is 1. The summed E-state index contributed by atoms with van der Waals surface area (Å²) in [5.41, 5.74) is 0. The molecular formula is C3H5KN2. The molecule has 1 aromatic heterocycles. The standard InChI is InChI=1S/C3H4N2.K.H/c1-2-5-3-4-1;;/h1-3H,(H,4,5);;/q;+1;-1. The minimum absolute atomic E-state index is 0. The van der Waals surface area contributed by atoms with Gasteiger partial charge in [0.15, 0.2) is 0 Å². The molecule has 0 aromatic carbocycles. The zero-order valence-corrected chi connectivity index (χ0v) is 6.80. The van der Waals surface area contributed by atoms with Crippen LogP contribution >= 0.6 is 0 Å². The topological polar surface area (TPSA) is 28.7 Å². The maximum Gasteiger partial charge on any atom is 1.00 e. The molecule has 1 N–H and O–H groups in total. The van der Waals surface area contributed by atoms with Crippen molar-refractivity contribution in [3.05, 3.63) is 18.7 Å². The molecule has 1 rings (SSSR count). The van der Waals surface area contributed by atoms with Crippen LogP contribution in [0.1, 0.15) is 1.43 Å². The van der Waals surface area contributed by atoms with E-state index in [2.05, 4.69) is 9.97 Å². The maximum atomic E-state index is 3.67. The number of rotatable bonds is 0. The summed E-state index contributed by atoms with van der Waals surface area (Å²) in [4.78, 5) is 6.42. The summed E-state index contributed by atoms with van der Waals surface area (Å²) in [5.74, 6) is 0. The molecule has 28 valence electrons. The smallest absolute Gasteiger partial charge is 1.00 e. The largest absolute Gasteiger partial charge is 1.00 e. The summed E-state index contributed by atoms with van der Waals surface area (Å²) in [7, 11) is 0. The third-order valence-electron chi connectivity index (χ3n) is 0.406. The van der Waals surface area contributed by atoms with Crippen molar-refractivity contribution in [1.82, 2.24) is 9.97 Å².